The smallest absolute Gasteiger partial charge is 0.307 e. The molecule has 0 aliphatic carbocycles. The number of ether oxygens (including phenoxy) is 2. The molecule has 1 aromatic carbocycles. The summed E-state index contributed by atoms with van der Waals surface area (Å²) in [7, 11) is 0. The molecule has 0 heterocycles. The highest BCUT2D eigenvalue weighted by Crippen LogP contribution is 2.11. The van der Waals surface area contributed by atoms with E-state index < -0.39 is 0 Å². The summed E-state index contributed by atoms with van der Waals surface area (Å²) in [6.45, 7) is 5.56. The fraction of sp³-hybridized carbons (Fsp3) is 0.500. The van der Waals surface area contributed by atoms with Gasteiger partial charge in [-0.25, -0.2) is 0 Å². The molecule has 0 radical (unpaired) electrons. The second kappa shape index (κ2) is 10.0. The number of unbranched alkanes of at least 4 members (excludes halogenated alkanes) is 1. The predicted molar refractivity (Wildman–Crippen MR) is 80.6 cm³/mol. The lowest BCUT2D eigenvalue weighted by Crippen LogP contribution is -2.05. The fourth-order valence-corrected chi connectivity index (χ4v) is 1.54. The van der Waals surface area contributed by atoms with Gasteiger partial charge in [0, 0.05) is 12.8 Å². The van der Waals surface area contributed by atoms with Crippen LogP contribution in [0.5, 0.6) is 5.75 Å². The number of esters is 1. The zero-order chi connectivity index (χ0) is 14.6. The lowest BCUT2D eigenvalue weighted by atomic mass is 10.2. The van der Waals surface area contributed by atoms with Gasteiger partial charge in [-0.3, -0.25) is 9.79 Å². The molecule has 4 heteroatoms. The van der Waals surface area contributed by atoms with Crippen LogP contribution in [-0.4, -0.2) is 31.9 Å². The molecule has 0 saturated carbocycles. The summed E-state index contributed by atoms with van der Waals surface area (Å²) >= 11 is 0. The lowest BCUT2D eigenvalue weighted by Gasteiger charge is -2.04. The molecule has 0 fully saturated rings. The Labute approximate surface area is 120 Å². The SMILES string of the molecule is CCCCOc1ccc(C=NCCC(=O)OCC)cc1. The average Bonchev–Trinajstić information content (AvgIpc) is 2.46. The van der Waals surface area contributed by atoms with Crippen LogP contribution in [0.2, 0.25) is 0 Å². The van der Waals surface area contributed by atoms with E-state index in [1.807, 2.05) is 24.3 Å². The molecule has 0 spiro atoms. The van der Waals surface area contributed by atoms with Crippen LogP contribution < -0.4 is 4.74 Å². The van der Waals surface area contributed by atoms with Gasteiger partial charge < -0.3 is 9.47 Å². The zero-order valence-corrected chi connectivity index (χ0v) is 12.3. The van der Waals surface area contributed by atoms with Crippen molar-refractivity contribution in [2.75, 3.05) is 19.8 Å². The molecule has 0 aromatic heterocycles. The van der Waals surface area contributed by atoms with Crippen molar-refractivity contribution in [1.29, 1.82) is 0 Å². The van der Waals surface area contributed by atoms with Crippen LogP contribution in [0, 0.1) is 0 Å². The summed E-state index contributed by atoms with van der Waals surface area (Å²) in [6, 6.07) is 7.77. The van der Waals surface area contributed by atoms with Gasteiger partial charge in [-0.15, -0.1) is 0 Å². The van der Waals surface area contributed by atoms with Crippen LogP contribution in [0.3, 0.4) is 0 Å². The van der Waals surface area contributed by atoms with Crippen LogP contribution in [0.15, 0.2) is 29.3 Å². The number of hydrogen-bond acceptors (Lipinski definition) is 4. The van der Waals surface area contributed by atoms with E-state index in [0.717, 1.165) is 30.8 Å². The highest BCUT2D eigenvalue weighted by molar-refractivity contribution is 5.80. The highest BCUT2D eigenvalue weighted by Gasteiger charge is 1.98. The number of nitrogens with zero attached hydrogens (tertiary/aromatic N) is 1. The van der Waals surface area contributed by atoms with E-state index in [9.17, 15) is 4.79 Å². The first-order valence-electron chi connectivity index (χ1n) is 7.14. The number of carbonyl (C=O) groups excluding carboxylic acids is 1. The quantitative estimate of drug-likeness (QED) is 0.395. The molecular formula is C16H23NO3. The van der Waals surface area contributed by atoms with Crippen molar-refractivity contribution >= 4 is 12.2 Å². The van der Waals surface area contributed by atoms with Gasteiger partial charge in [0.1, 0.15) is 5.75 Å². The maximum Gasteiger partial charge on any atom is 0.307 e. The van der Waals surface area contributed by atoms with Crippen molar-refractivity contribution in [1.82, 2.24) is 0 Å². The second-order valence-corrected chi connectivity index (χ2v) is 4.36. The normalized spacial score (nSPS) is 10.7. The molecule has 0 atom stereocenters. The predicted octanol–water partition coefficient (Wildman–Crippen LogP) is 3.24. The third kappa shape index (κ3) is 6.92. The van der Waals surface area contributed by atoms with Crippen molar-refractivity contribution in [3.05, 3.63) is 29.8 Å². The Balaban J connectivity index is 2.31. The standard InChI is InChI=1S/C16H23NO3/c1-3-5-12-20-15-8-6-14(7-9-15)13-17-11-10-16(18)19-4-2/h6-9,13H,3-5,10-12H2,1-2H3. The zero-order valence-electron chi connectivity index (χ0n) is 12.3. The van der Waals surface area contributed by atoms with Gasteiger partial charge in [0.15, 0.2) is 0 Å². The Hall–Kier alpha value is -1.84. The number of aliphatic imine (C=N–C) groups is 1. The van der Waals surface area contributed by atoms with E-state index >= 15 is 0 Å². The third-order valence-corrected chi connectivity index (χ3v) is 2.64. The Bertz CT molecular complexity index is 412. The van der Waals surface area contributed by atoms with E-state index in [4.69, 9.17) is 9.47 Å². The van der Waals surface area contributed by atoms with Crippen LogP contribution >= 0.6 is 0 Å². The summed E-state index contributed by atoms with van der Waals surface area (Å²) in [5.74, 6) is 0.673. The summed E-state index contributed by atoms with van der Waals surface area (Å²) < 4.78 is 10.4. The molecule has 1 aromatic rings. The molecule has 4 nitrogen and oxygen atoms in total. The molecule has 0 aliphatic rings. The Morgan fingerprint density at radius 1 is 1.25 bits per heavy atom. The average molecular weight is 277 g/mol. The Morgan fingerprint density at radius 3 is 2.65 bits per heavy atom. The molecule has 110 valence electrons. The number of rotatable bonds is 9. The maximum atomic E-state index is 11.1. The number of carbonyl (C=O) groups is 1. The Morgan fingerprint density at radius 2 is 2.00 bits per heavy atom. The third-order valence-electron chi connectivity index (χ3n) is 2.64. The molecule has 0 saturated heterocycles. The van der Waals surface area contributed by atoms with E-state index in [1.54, 1.807) is 13.1 Å². The van der Waals surface area contributed by atoms with Crippen LogP contribution in [0.25, 0.3) is 0 Å². The number of hydrogen-bond donors (Lipinski definition) is 0. The van der Waals surface area contributed by atoms with Crippen molar-refractivity contribution in [2.45, 2.75) is 33.1 Å². The van der Waals surface area contributed by atoms with E-state index in [1.165, 1.54) is 0 Å². The highest BCUT2D eigenvalue weighted by atomic mass is 16.5. The molecule has 0 aliphatic heterocycles. The number of benzene rings is 1. The molecular weight excluding hydrogens is 254 g/mol. The molecule has 1 rings (SSSR count). The summed E-state index contributed by atoms with van der Waals surface area (Å²) in [4.78, 5) is 15.3. The van der Waals surface area contributed by atoms with Gasteiger partial charge in [0.05, 0.1) is 19.6 Å². The summed E-state index contributed by atoms with van der Waals surface area (Å²) in [6.07, 6.45) is 4.28. The minimum Gasteiger partial charge on any atom is -0.494 e. The van der Waals surface area contributed by atoms with Gasteiger partial charge >= 0.3 is 5.97 Å². The van der Waals surface area contributed by atoms with E-state index in [-0.39, 0.29) is 5.97 Å². The second-order valence-electron chi connectivity index (χ2n) is 4.36. The molecule has 0 bridgehead atoms. The molecule has 20 heavy (non-hydrogen) atoms. The lowest BCUT2D eigenvalue weighted by molar-refractivity contribution is -0.142. The fourth-order valence-electron chi connectivity index (χ4n) is 1.54. The van der Waals surface area contributed by atoms with Crippen molar-refractivity contribution in [3.63, 3.8) is 0 Å². The largest absolute Gasteiger partial charge is 0.494 e. The summed E-state index contributed by atoms with van der Waals surface area (Å²) in [5.41, 5.74) is 0.997. The van der Waals surface area contributed by atoms with Gasteiger partial charge in [0.25, 0.3) is 0 Å². The Kier molecular flexibility index (Phi) is 8.11. The minimum atomic E-state index is -0.204. The molecule has 0 unspecified atom stereocenters. The van der Waals surface area contributed by atoms with E-state index in [2.05, 4.69) is 11.9 Å². The maximum absolute atomic E-state index is 11.1. The first kappa shape index (κ1) is 16.2. The van der Waals surface area contributed by atoms with Crippen LogP contribution in [-0.2, 0) is 9.53 Å². The van der Waals surface area contributed by atoms with Crippen LogP contribution in [0.1, 0.15) is 38.7 Å². The van der Waals surface area contributed by atoms with Crippen molar-refractivity contribution in [2.24, 2.45) is 4.99 Å². The van der Waals surface area contributed by atoms with Crippen LogP contribution in [0.4, 0.5) is 0 Å². The van der Waals surface area contributed by atoms with Gasteiger partial charge in [0.2, 0.25) is 0 Å². The first-order chi connectivity index (χ1) is 9.76. The van der Waals surface area contributed by atoms with Crippen molar-refractivity contribution in [3.8, 4) is 5.75 Å². The van der Waals surface area contributed by atoms with Gasteiger partial charge in [-0.2, -0.15) is 0 Å². The minimum absolute atomic E-state index is 0.204. The van der Waals surface area contributed by atoms with Gasteiger partial charge in [-0.05, 0) is 43.2 Å². The summed E-state index contributed by atoms with van der Waals surface area (Å²) in [5, 5.41) is 0. The monoisotopic (exact) mass is 277 g/mol. The van der Waals surface area contributed by atoms with E-state index in [0.29, 0.717) is 19.6 Å². The topological polar surface area (TPSA) is 47.9 Å². The first-order valence-corrected chi connectivity index (χ1v) is 7.14. The molecule has 0 N–H and O–H groups in total. The molecule has 0 amide bonds. The van der Waals surface area contributed by atoms with Crippen molar-refractivity contribution < 1.29 is 14.3 Å². The van der Waals surface area contributed by atoms with Gasteiger partial charge in [-0.1, -0.05) is 13.3 Å².